The van der Waals surface area contributed by atoms with Crippen LogP contribution < -0.4 is 10.3 Å². The summed E-state index contributed by atoms with van der Waals surface area (Å²) in [6.07, 6.45) is 0. The molecule has 1 aromatic heterocycles. The standard InChI is InChI=1S/C22H23NO4S/c1-5-23(17-10-8-7-9-15(17)21(25)26)18-12-13(3)11-16-19(24)14(4)22(28-6-2)27-20(16)18/h7-12H,5-6H2,1-4H3,(H,25,26). The number of rotatable bonds is 6. The Labute approximate surface area is 168 Å². The largest absolute Gasteiger partial charge is 0.478 e. The van der Waals surface area contributed by atoms with Gasteiger partial charge in [0.1, 0.15) is 0 Å². The second-order valence-corrected chi connectivity index (χ2v) is 7.74. The third kappa shape index (κ3) is 3.52. The number of fused-ring (bicyclic) bond motifs is 1. The molecule has 2 aromatic carbocycles. The summed E-state index contributed by atoms with van der Waals surface area (Å²) in [6, 6.07) is 10.6. The summed E-state index contributed by atoms with van der Waals surface area (Å²) in [4.78, 5) is 26.6. The van der Waals surface area contributed by atoms with Gasteiger partial charge >= 0.3 is 5.97 Å². The molecule has 1 N–H and O–H groups in total. The number of aromatic carboxylic acids is 1. The van der Waals surface area contributed by atoms with Crippen molar-refractivity contribution in [1.29, 1.82) is 0 Å². The number of benzene rings is 2. The van der Waals surface area contributed by atoms with Crippen LogP contribution in [-0.2, 0) is 0 Å². The number of hydrogen-bond donors (Lipinski definition) is 1. The molecule has 0 aliphatic carbocycles. The van der Waals surface area contributed by atoms with E-state index in [0.29, 0.717) is 39.5 Å². The lowest BCUT2D eigenvalue weighted by atomic mass is 10.1. The van der Waals surface area contributed by atoms with Crippen molar-refractivity contribution < 1.29 is 14.3 Å². The normalized spacial score (nSPS) is 11.0. The van der Waals surface area contributed by atoms with Gasteiger partial charge in [0.25, 0.3) is 0 Å². The first-order valence-corrected chi connectivity index (χ1v) is 10.2. The Balaban J connectivity index is 2.35. The highest BCUT2D eigenvalue weighted by molar-refractivity contribution is 7.99. The molecular formula is C22H23NO4S. The average molecular weight is 397 g/mol. The monoisotopic (exact) mass is 397 g/mol. The van der Waals surface area contributed by atoms with E-state index in [-0.39, 0.29) is 11.0 Å². The van der Waals surface area contributed by atoms with Gasteiger partial charge in [-0.1, -0.05) is 30.8 Å². The van der Waals surface area contributed by atoms with Crippen LogP contribution >= 0.6 is 11.8 Å². The summed E-state index contributed by atoms with van der Waals surface area (Å²) in [6.45, 7) is 8.18. The lowest BCUT2D eigenvalue weighted by Gasteiger charge is -2.26. The smallest absolute Gasteiger partial charge is 0.337 e. The quantitative estimate of drug-likeness (QED) is 0.563. The van der Waals surface area contributed by atoms with Crippen LogP contribution in [0.4, 0.5) is 11.4 Å². The Morgan fingerprint density at radius 3 is 2.50 bits per heavy atom. The summed E-state index contributed by atoms with van der Waals surface area (Å²) in [5.41, 5.74) is 3.42. The van der Waals surface area contributed by atoms with Gasteiger partial charge in [-0.2, -0.15) is 0 Å². The first-order chi connectivity index (χ1) is 13.4. The van der Waals surface area contributed by atoms with Crippen LogP contribution in [0.2, 0.25) is 0 Å². The van der Waals surface area contributed by atoms with Crippen molar-refractivity contribution >= 4 is 40.1 Å². The van der Waals surface area contributed by atoms with Crippen LogP contribution in [0.1, 0.15) is 35.3 Å². The molecule has 0 radical (unpaired) electrons. The van der Waals surface area contributed by atoms with Gasteiger partial charge in [0.05, 0.1) is 22.3 Å². The fourth-order valence-corrected chi connectivity index (χ4v) is 4.04. The predicted molar refractivity (Wildman–Crippen MR) is 114 cm³/mol. The maximum Gasteiger partial charge on any atom is 0.337 e. The molecule has 0 spiro atoms. The van der Waals surface area contributed by atoms with E-state index in [0.717, 1.165) is 11.3 Å². The molecule has 0 saturated carbocycles. The first-order valence-electron chi connectivity index (χ1n) is 9.19. The van der Waals surface area contributed by atoms with Gasteiger partial charge in [0.15, 0.2) is 16.1 Å². The second-order valence-electron chi connectivity index (χ2n) is 6.50. The summed E-state index contributed by atoms with van der Waals surface area (Å²) >= 11 is 1.49. The molecule has 0 atom stereocenters. The van der Waals surface area contributed by atoms with Crippen LogP contribution in [0.15, 0.2) is 50.7 Å². The molecule has 0 unspecified atom stereocenters. The van der Waals surface area contributed by atoms with Gasteiger partial charge in [0, 0.05) is 12.1 Å². The van der Waals surface area contributed by atoms with Crippen molar-refractivity contribution in [2.75, 3.05) is 17.2 Å². The maximum atomic E-state index is 13.0. The second kappa shape index (κ2) is 8.10. The van der Waals surface area contributed by atoms with Crippen molar-refractivity contribution in [3.8, 4) is 0 Å². The number of thioether (sulfide) groups is 1. The first kappa shape index (κ1) is 20.0. The minimum atomic E-state index is -0.995. The molecule has 5 nitrogen and oxygen atoms in total. The highest BCUT2D eigenvalue weighted by atomic mass is 32.2. The molecule has 3 aromatic rings. The lowest BCUT2D eigenvalue weighted by molar-refractivity contribution is 0.0697. The Hall–Kier alpha value is -2.73. The number of hydrogen-bond acceptors (Lipinski definition) is 5. The van der Waals surface area contributed by atoms with Crippen LogP contribution in [0, 0.1) is 13.8 Å². The van der Waals surface area contributed by atoms with Crippen molar-refractivity contribution in [1.82, 2.24) is 0 Å². The van der Waals surface area contributed by atoms with E-state index in [2.05, 4.69) is 0 Å². The Morgan fingerprint density at radius 1 is 1.14 bits per heavy atom. The number of anilines is 2. The molecule has 1 heterocycles. The maximum absolute atomic E-state index is 13.0. The highest BCUT2D eigenvalue weighted by Crippen LogP contribution is 2.36. The molecule has 0 saturated heterocycles. The van der Waals surface area contributed by atoms with E-state index in [1.807, 2.05) is 37.8 Å². The molecule has 0 fully saturated rings. The van der Waals surface area contributed by atoms with Gasteiger partial charge in [-0.25, -0.2) is 4.79 Å². The zero-order chi connectivity index (χ0) is 20.4. The van der Waals surface area contributed by atoms with Crippen molar-refractivity contribution in [3.05, 3.63) is 63.3 Å². The minimum Gasteiger partial charge on any atom is -0.478 e. The molecule has 28 heavy (non-hydrogen) atoms. The Bertz CT molecular complexity index is 1100. The average Bonchev–Trinajstić information content (AvgIpc) is 2.67. The molecule has 0 bridgehead atoms. The molecule has 6 heteroatoms. The number of para-hydroxylation sites is 1. The van der Waals surface area contributed by atoms with E-state index in [9.17, 15) is 14.7 Å². The predicted octanol–water partition coefficient (Wildman–Crippen LogP) is 5.38. The highest BCUT2D eigenvalue weighted by Gasteiger charge is 2.21. The van der Waals surface area contributed by atoms with Crippen LogP contribution in [0.25, 0.3) is 11.0 Å². The Morgan fingerprint density at radius 2 is 1.86 bits per heavy atom. The van der Waals surface area contributed by atoms with E-state index in [1.54, 1.807) is 31.2 Å². The molecule has 0 aliphatic rings. The number of carboxylic acid groups (broad SMARTS) is 1. The summed E-state index contributed by atoms with van der Waals surface area (Å²) in [7, 11) is 0. The van der Waals surface area contributed by atoms with Gasteiger partial charge in [-0.3, -0.25) is 4.79 Å². The SMILES string of the molecule is CCSc1oc2c(N(CC)c3ccccc3C(=O)O)cc(C)cc2c(=O)c1C. The van der Waals surface area contributed by atoms with Crippen molar-refractivity contribution in [2.24, 2.45) is 0 Å². The van der Waals surface area contributed by atoms with Gasteiger partial charge in [-0.15, -0.1) is 0 Å². The number of nitrogens with zero attached hydrogens (tertiary/aromatic N) is 1. The van der Waals surface area contributed by atoms with Crippen molar-refractivity contribution in [3.63, 3.8) is 0 Å². The van der Waals surface area contributed by atoms with Crippen molar-refractivity contribution in [2.45, 2.75) is 32.8 Å². The van der Waals surface area contributed by atoms with Gasteiger partial charge in [0.2, 0.25) is 0 Å². The molecule has 0 amide bonds. The third-order valence-electron chi connectivity index (χ3n) is 4.61. The molecule has 3 rings (SSSR count). The van der Waals surface area contributed by atoms with Gasteiger partial charge in [-0.05, 0) is 56.4 Å². The number of carbonyl (C=O) groups is 1. The third-order valence-corrected chi connectivity index (χ3v) is 5.55. The Kier molecular flexibility index (Phi) is 5.79. The number of carboxylic acids is 1. The zero-order valence-electron chi connectivity index (χ0n) is 16.4. The molecule has 146 valence electrons. The van der Waals surface area contributed by atoms with E-state index in [1.165, 1.54) is 11.8 Å². The van der Waals surface area contributed by atoms with Gasteiger partial charge < -0.3 is 14.4 Å². The fraction of sp³-hybridized carbons (Fsp3) is 0.273. The molecular weight excluding hydrogens is 374 g/mol. The van der Waals surface area contributed by atoms with E-state index < -0.39 is 5.97 Å². The summed E-state index contributed by atoms with van der Waals surface area (Å²) < 4.78 is 6.18. The molecule has 0 aliphatic heterocycles. The van der Waals surface area contributed by atoms with Crippen LogP contribution in [0.5, 0.6) is 0 Å². The minimum absolute atomic E-state index is 0.0512. The summed E-state index contributed by atoms with van der Waals surface area (Å²) in [5, 5.41) is 10.7. The van der Waals surface area contributed by atoms with Crippen LogP contribution in [0.3, 0.4) is 0 Å². The lowest BCUT2D eigenvalue weighted by Crippen LogP contribution is -2.20. The number of aryl methyl sites for hydroxylation is 1. The zero-order valence-corrected chi connectivity index (χ0v) is 17.2. The van der Waals surface area contributed by atoms with E-state index in [4.69, 9.17) is 4.42 Å². The topological polar surface area (TPSA) is 70.8 Å². The summed E-state index contributed by atoms with van der Waals surface area (Å²) in [5.74, 6) is -0.207. The van der Waals surface area contributed by atoms with Crippen LogP contribution in [-0.4, -0.2) is 23.4 Å². The van der Waals surface area contributed by atoms with E-state index >= 15 is 0 Å². The fourth-order valence-electron chi connectivity index (χ4n) is 3.32.